The Balaban J connectivity index is 1.94. The highest BCUT2D eigenvalue weighted by atomic mass is 19.2. The SMILES string of the molecule is COc1c(F)c(F)c(CN2CC(=O)N3CCC[C@H]3C2=O)c(F)c1F. The molecule has 2 saturated heterocycles. The fourth-order valence-electron chi connectivity index (χ4n) is 3.16. The van der Waals surface area contributed by atoms with E-state index in [-0.39, 0.29) is 12.5 Å². The molecule has 0 bridgehead atoms. The number of carbonyl (C=O) groups excluding carboxylic acids is 2. The van der Waals surface area contributed by atoms with Crippen LogP contribution in [0.2, 0.25) is 0 Å². The number of hydrogen-bond acceptors (Lipinski definition) is 3. The van der Waals surface area contributed by atoms with Crippen LogP contribution in [0.3, 0.4) is 0 Å². The van der Waals surface area contributed by atoms with Gasteiger partial charge < -0.3 is 14.5 Å². The van der Waals surface area contributed by atoms with Gasteiger partial charge in [0.05, 0.1) is 13.7 Å². The van der Waals surface area contributed by atoms with Crippen molar-refractivity contribution in [1.29, 1.82) is 0 Å². The number of fused-ring (bicyclic) bond motifs is 1. The number of nitrogens with zero attached hydrogens (tertiary/aromatic N) is 2. The average molecular weight is 346 g/mol. The summed E-state index contributed by atoms with van der Waals surface area (Å²) in [7, 11) is 0.877. The molecule has 1 aromatic rings. The molecule has 9 heteroatoms. The van der Waals surface area contributed by atoms with E-state index in [4.69, 9.17) is 0 Å². The molecule has 0 N–H and O–H groups in total. The van der Waals surface area contributed by atoms with E-state index in [0.29, 0.717) is 19.4 Å². The lowest BCUT2D eigenvalue weighted by molar-refractivity contribution is -0.154. The fourth-order valence-corrected chi connectivity index (χ4v) is 3.16. The fraction of sp³-hybridized carbons (Fsp3) is 0.467. The molecule has 2 aliphatic heterocycles. The Kier molecular flexibility index (Phi) is 4.10. The highest BCUT2D eigenvalue weighted by Crippen LogP contribution is 2.31. The van der Waals surface area contributed by atoms with E-state index < -0.39 is 53.1 Å². The minimum atomic E-state index is -1.68. The lowest BCUT2D eigenvalue weighted by Crippen LogP contribution is -2.57. The normalized spacial score (nSPS) is 20.6. The number of piperazine rings is 1. The molecule has 5 nitrogen and oxygen atoms in total. The summed E-state index contributed by atoms with van der Waals surface area (Å²) in [5.41, 5.74) is -0.946. The number of hydrogen-bond donors (Lipinski definition) is 0. The third-order valence-electron chi connectivity index (χ3n) is 4.36. The topological polar surface area (TPSA) is 49.9 Å². The van der Waals surface area contributed by atoms with Crippen molar-refractivity contribution in [1.82, 2.24) is 9.80 Å². The summed E-state index contributed by atoms with van der Waals surface area (Å²) >= 11 is 0. The molecule has 2 amide bonds. The van der Waals surface area contributed by atoms with E-state index in [2.05, 4.69) is 4.74 Å². The zero-order valence-corrected chi connectivity index (χ0v) is 12.7. The van der Waals surface area contributed by atoms with Gasteiger partial charge in [-0.25, -0.2) is 8.78 Å². The third-order valence-corrected chi connectivity index (χ3v) is 4.36. The molecular formula is C15H14F4N2O3. The van der Waals surface area contributed by atoms with Gasteiger partial charge in [0.1, 0.15) is 12.6 Å². The summed E-state index contributed by atoms with van der Waals surface area (Å²) in [6.45, 7) is -0.661. The van der Waals surface area contributed by atoms with E-state index in [0.717, 1.165) is 12.0 Å². The zero-order valence-electron chi connectivity index (χ0n) is 12.7. The second-order valence-corrected chi connectivity index (χ2v) is 5.71. The number of halogens is 4. The molecule has 1 atom stereocenters. The molecule has 0 unspecified atom stereocenters. The van der Waals surface area contributed by atoms with Crippen LogP contribution in [0.1, 0.15) is 18.4 Å². The molecule has 2 aliphatic rings. The standard InChI is InChI=1S/C15H14F4N2O3/c1-24-14-12(18)10(16)7(11(17)13(14)19)5-20-6-9(22)21-4-2-3-8(21)15(20)23/h8H,2-6H2,1H3/t8-/m0/s1. The number of ether oxygens (including phenoxy) is 1. The van der Waals surface area contributed by atoms with Crippen LogP contribution in [-0.2, 0) is 16.1 Å². The molecule has 2 heterocycles. The Morgan fingerprint density at radius 3 is 2.29 bits per heavy atom. The Bertz CT molecular complexity index is 696. The first-order chi connectivity index (χ1) is 11.4. The zero-order chi connectivity index (χ0) is 17.6. The van der Waals surface area contributed by atoms with Crippen molar-refractivity contribution in [3.63, 3.8) is 0 Å². The minimum Gasteiger partial charge on any atom is -0.491 e. The van der Waals surface area contributed by atoms with Crippen LogP contribution in [-0.4, -0.2) is 47.9 Å². The predicted octanol–water partition coefficient (Wildman–Crippen LogP) is 1.58. The van der Waals surface area contributed by atoms with Gasteiger partial charge in [0.15, 0.2) is 17.4 Å². The van der Waals surface area contributed by atoms with Gasteiger partial charge in [0.25, 0.3) is 0 Å². The Morgan fingerprint density at radius 2 is 1.71 bits per heavy atom. The monoisotopic (exact) mass is 346 g/mol. The molecule has 1 aromatic carbocycles. The number of methoxy groups -OCH3 is 1. The first kappa shape index (κ1) is 16.5. The van der Waals surface area contributed by atoms with Crippen LogP contribution < -0.4 is 4.74 Å². The number of carbonyl (C=O) groups is 2. The van der Waals surface area contributed by atoms with E-state index in [1.54, 1.807) is 0 Å². The molecule has 0 spiro atoms. The van der Waals surface area contributed by atoms with Gasteiger partial charge in [0, 0.05) is 12.1 Å². The molecule has 2 fully saturated rings. The number of rotatable bonds is 3. The van der Waals surface area contributed by atoms with Crippen molar-refractivity contribution in [2.24, 2.45) is 0 Å². The van der Waals surface area contributed by atoms with Crippen molar-refractivity contribution in [2.45, 2.75) is 25.4 Å². The molecule has 130 valence electrons. The summed E-state index contributed by atoms with van der Waals surface area (Å²) < 4.78 is 59.9. The average Bonchev–Trinajstić information content (AvgIpc) is 3.05. The van der Waals surface area contributed by atoms with Gasteiger partial charge in [-0.05, 0) is 12.8 Å². The third kappa shape index (κ3) is 2.38. The lowest BCUT2D eigenvalue weighted by atomic mass is 10.1. The minimum absolute atomic E-state index is 0.354. The van der Waals surface area contributed by atoms with Gasteiger partial charge in [0.2, 0.25) is 23.4 Å². The van der Waals surface area contributed by atoms with Crippen molar-refractivity contribution in [3.8, 4) is 5.75 Å². The molecule has 0 aliphatic carbocycles. The van der Waals surface area contributed by atoms with Crippen molar-refractivity contribution in [2.75, 3.05) is 20.2 Å². The van der Waals surface area contributed by atoms with Crippen LogP contribution in [0.25, 0.3) is 0 Å². The van der Waals surface area contributed by atoms with Gasteiger partial charge in [-0.3, -0.25) is 9.59 Å². The van der Waals surface area contributed by atoms with Crippen molar-refractivity contribution >= 4 is 11.8 Å². The number of amides is 2. The molecule has 0 radical (unpaired) electrons. The van der Waals surface area contributed by atoms with E-state index >= 15 is 0 Å². The van der Waals surface area contributed by atoms with E-state index in [1.165, 1.54) is 4.90 Å². The van der Waals surface area contributed by atoms with E-state index in [9.17, 15) is 27.2 Å². The summed E-state index contributed by atoms with van der Waals surface area (Å²) in [5, 5.41) is 0. The van der Waals surface area contributed by atoms with Crippen LogP contribution >= 0.6 is 0 Å². The van der Waals surface area contributed by atoms with Crippen molar-refractivity contribution in [3.05, 3.63) is 28.8 Å². The van der Waals surface area contributed by atoms with Gasteiger partial charge in [-0.2, -0.15) is 8.78 Å². The molecular weight excluding hydrogens is 332 g/mol. The maximum Gasteiger partial charge on any atom is 0.246 e. The highest BCUT2D eigenvalue weighted by Gasteiger charge is 2.42. The molecule has 3 rings (SSSR count). The molecule has 24 heavy (non-hydrogen) atoms. The van der Waals surface area contributed by atoms with E-state index in [1.807, 2.05) is 0 Å². The summed E-state index contributed by atoms with van der Waals surface area (Å²) in [6, 6.07) is -0.676. The molecule has 0 saturated carbocycles. The molecule has 0 aromatic heterocycles. The Morgan fingerprint density at radius 1 is 1.08 bits per heavy atom. The van der Waals surface area contributed by atoms with Crippen LogP contribution in [0, 0.1) is 23.3 Å². The maximum atomic E-state index is 14.0. The van der Waals surface area contributed by atoms with Crippen molar-refractivity contribution < 1.29 is 31.9 Å². The van der Waals surface area contributed by atoms with Crippen LogP contribution in [0.4, 0.5) is 17.6 Å². The van der Waals surface area contributed by atoms with Gasteiger partial charge in [-0.15, -0.1) is 0 Å². The lowest BCUT2D eigenvalue weighted by Gasteiger charge is -2.36. The van der Waals surface area contributed by atoms with Gasteiger partial charge in [-0.1, -0.05) is 0 Å². The summed E-state index contributed by atoms with van der Waals surface area (Å²) in [4.78, 5) is 26.7. The largest absolute Gasteiger partial charge is 0.491 e. The highest BCUT2D eigenvalue weighted by molar-refractivity contribution is 5.95. The second kappa shape index (κ2) is 5.95. The number of benzene rings is 1. The second-order valence-electron chi connectivity index (χ2n) is 5.71. The predicted molar refractivity (Wildman–Crippen MR) is 73.0 cm³/mol. The smallest absolute Gasteiger partial charge is 0.246 e. The summed E-state index contributed by atoms with van der Waals surface area (Å²) in [6.07, 6.45) is 1.11. The van der Waals surface area contributed by atoms with Crippen LogP contribution in [0.5, 0.6) is 5.75 Å². The van der Waals surface area contributed by atoms with Gasteiger partial charge >= 0.3 is 0 Å². The quantitative estimate of drug-likeness (QED) is 0.617. The first-order valence-corrected chi connectivity index (χ1v) is 7.33. The summed E-state index contributed by atoms with van der Waals surface area (Å²) in [5.74, 6) is -8.64. The van der Waals surface area contributed by atoms with Crippen LogP contribution in [0.15, 0.2) is 0 Å². The maximum absolute atomic E-state index is 14.0. The Hall–Kier alpha value is -2.32. The Labute approximate surface area is 134 Å². The first-order valence-electron chi connectivity index (χ1n) is 7.33.